The van der Waals surface area contributed by atoms with Crippen LogP contribution in [0.4, 0.5) is 0 Å². The summed E-state index contributed by atoms with van der Waals surface area (Å²) in [5.41, 5.74) is 0.678. The number of methoxy groups -OCH3 is 8. The van der Waals surface area contributed by atoms with E-state index >= 15 is 0 Å². The zero-order valence-electron chi connectivity index (χ0n) is 20.3. The van der Waals surface area contributed by atoms with Crippen LogP contribution in [0, 0.1) is 5.92 Å². The van der Waals surface area contributed by atoms with Crippen LogP contribution in [0.15, 0.2) is 47.0 Å². The van der Waals surface area contributed by atoms with Crippen molar-refractivity contribution in [1.82, 2.24) is 0 Å². The smallest absolute Gasteiger partial charge is 0.208 e. The second-order valence-electron chi connectivity index (χ2n) is 6.81. The third-order valence-electron chi connectivity index (χ3n) is 5.28. The summed E-state index contributed by atoms with van der Waals surface area (Å²) in [7, 11) is 10.6. The Morgan fingerprint density at radius 1 is 0.909 bits per heavy atom. The summed E-state index contributed by atoms with van der Waals surface area (Å²) in [6, 6.07) is 3.52. The van der Waals surface area contributed by atoms with Crippen molar-refractivity contribution in [2.75, 3.05) is 56.9 Å². The highest BCUT2D eigenvalue weighted by Crippen LogP contribution is 2.42. The Hall–Kier alpha value is -2.69. The number of hydrogen-bond acceptors (Lipinski definition) is 9. The van der Waals surface area contributed by atoms with Crippen LogP contribution in [0.5, 0.6) is 17.2 Å². The van der Waals surface area contributed by atoms with Crippen LogP contribution < -0.4 is 14.2 Å². The fourth-order valence-corrected chi connectivity index (χ4v) is 4.76. The second kappa shape index (κ2) is 12.0. The van der Waals surface area contributed by atoms with E-state index in [-0.39, 0.29) is 5.75 Å². The normalized spacial score (nSPS) is 18.5. The molecule has 0 bridgehead atoms. The summed E-state index contributed by atoms with van der Waals surface area (Å²) in [6.07, 6.45) is 3.38. The van der Waals surface area contributed by atoms with Gasteiger partial charge in [0.2, 0.25) is 11.5 Å². The zero-order valence-corrected chi connectivity index (χ0v) is 21.1. The number of hydrogen-bond donors (Lipinski definition) is 0. The summed E-state index contributed by atoms with van der Waals surface area (Å²) in [4.78, 5) is 0. The summed E-state index contributed by atoms with van der Waals surface area (Å²) in [6.45, 7) is 0. The fraction of sp³-hybridized carbons (Fsp3) is 0.478. The van der Waals surface area contributed by atoms with Gasteiger partial charge in [-0.1, -0.05) is 6.07 Å². The van der Waals surface area contributed by atoms with Gasteiger partial charge in [0.05, 0.1) is 59.2 Å². The van der Waals surface area contributed by atoms with Gasteiger partial charge in [-0.05, 0) is 6.07 Å². The van der Waals surface area contributed by atoms with Crippen molar-refractivity contribution in [3.05, 3.63) is 52.5 Å². The van der Waals surface area contributed by atoms with E-state index in [0.717, 1.165) is 0 Å². The van der Waals surface area contributed by atoms with Crippen LogP contribution in [0.2, 0.25) is 0 Å². The molecule has 1 aromatic rings. The zero-order chi connectivity index (χ0) is 24.6. The summed E-state index contributed by atoms with van der Waals surface area (Å²) >= 11 is 0. The van der Waals surface area contributed by atoms with Crippen LogP contribution in [0.1, 0.15) is 5.56 Å². The molecule has 2 unspecified atom stereocenters. The van der Waals surface area contributed by atoms with Gasteiger partial charge in [-0.15, -0.1) is 0 Å². The Bertz CT molecular complexity index is 932. The number of rotatable bonds is 12. The maximum atomic E-state index is 13.2. The van der Waals surface area contributed by atoms with E-state index in [9.17, 15) is 4.21 Å². The third-order valence-corrected chi connectivity index (χ3v) is 6.37. The molecule has 0 heterocycles. The Kier molecular flexibility index (Phi) is 9.63. The van der Waals surface area contributed by atoms with Crippen molar-refractivity contribution in [2.45, 2.75) is 11.5 Å². The van der Waals surface area contributed by atoms with Crippen LogP contribution in [0.25, 0.3) is 0 Å². The molecule has 1 aliphatic carbocycles. The van der Waals surface area contributed by atoms with Gasteiger partial charge in [0.15, 0.2) is 11.5 Å². The van der Waals surface area contributed by atoms with E-state index in [1.807, 2.05) is 0 Å². The molecule has 33 heavy (non-hydrogen) atoms. The molecule has 2 rings (SSSR count). The molecular formula is C23H32O9S. The molecule has 1 aromatic carbocycles. The molecule has 1 aliphatic rings. The lowest BCUT2D eigenvalue weighted by Crippen LogP contribution is -2.45. The second-order valence-corrected chi connectivity index (χ2v) is 8.09. The Labute approximate surface area is 197 Å². The molecule has 0 N–H and O–H groups in total. The molecule has 0 saturated heterocycles. The molecule has 0 aliphatic heterocycles. The first-order valence-electron chi connectivity index (χ1n) is 9.91. The number of benzene rings is 1. The molecule has 0 radical (unpaired) electrons. The molecule has 2 atom stereocenters. The van der Waals surface area contributed by atoms with E-state index in [2.05, 4.69) is 0 Å². The van der Waals surface area contributed by atoms with Gasteiger partial charge >= 0.3 is 0 Å². The summed E-state index contributed by atoms with van der Waals surface area (Å²) in [5.74, 6) is 0.874. The molecule has 0 amide bonds. The Morgan fingerprint density at radius 3 is 2.06 bits per heavy atom. The van der Waals surface area contributed by atoms with E-state index in [0.29, 0.717) is 40.1 Å². The Balaban J connectivity index is 2.47. The first kappa shape index (κ1) is 26.6. The topological polar surface area (TPSA) is 90.9 Å². The quantitative estimate of drug-likeness (QED) is 0.328. The van der Waals surface area contributed by atoms with Crippen LogP contribution in [-0.4, -0.2) is 66.9 Å². The molecule has 0 spiro atoms. The van der Waals surface area contributed by atoms with E-state index in [1.165, 1.54) is 62.3 Å². The highest BCUT2D eigenvalue weighted by molar-refractivity contribution is 7.87. The van der Waals surface area contributed by atoms with E-state index in [4.69, 9.17) is 37.9 Å². The minimum absolute atomic E-state index is 0.140. The molecule has 0 saturated carbocycles. The predicted molar refractivity (Wildman–Crippen MR) is 123 cm³/mol. The first-order valence-corrected chi connectivity index (χ1v) is 11.3. The number of ether oxygens (including phenoxy) is 8. The maximum Gasteiger partial charge on any atom is 0.208 e. The predicted octanol–water partition coefficient (Wildman–Crippen LogP) is 3.13. The van der Waals surface area contributed by atoms with Crippen molar-refractivity contribution in [1.29, 1.82) is 0 Å². The van der Waals surface area contributed by atoms with Crippen LogP contribution >= 0.6 is 0 Å². The van der Waals surface area contributed by atoms with Crippen molar-refractivity contribution in [3.8, 4) is 17.2 Å². The van der Waals surface area contributed by atoms with Gasteiger partial charge in [-0.25, -0.2) is 0 Å². The largest absolute Gasteiger partial charge is 0.500 e. The van der Waals surface area contributed by atoms with Gasteiger partial charge in [0.1, 0.15) is 23.2 Å². The van der Waals surface area contributed by atoms with Crippen molar-refractivity contribution >= 4 is 10.8 Å². The van der Waals surface area contributed by atoms with Crippen LogP contribution in [0.3, 0.4) is 0 Å². The Morgan fingerprint density at radius 2 is 1.58 bits per heavy atom. The lowest BCUT2D eigenvalue weighted by atomic mass is 9.89. The minimum Gasteiger partial charge on any atom is -0.500 e. The van der Waals surface area contributed by atoms with Gasteiger partial charge < -0.3 is 37.9 Å². The SMILES string of the molecule is COC1=CC(OC)(OC)C(/C(=C\S(=O)Cc2ccc(OC)c(OC)c2OC)OC)C(OC)=C1. The molecular weight excluding hydrogens is 452 g/mol. The lowest BCUT2D eigenvalue weighted by Gasteiger charge is -2.39. The average Bonchev–Trinajstić information content (AvgIpc) is 2.85. The standard InChI is InChI=1S/C23H32O9S/c1-25-16-11-18(27-3)20(23(12-16,31-7)32-8)19(28-4)14-33(24)13-15-9-10-17(26-2)22(30-6)21(15)29-5/h9-12,14,20H,13H2,1-8H3/b19-14+. The fourth-order valence-electron chi connectivity index (χ4n) is 3.65. The first-order chi connectivity index (χ1) is 15.9. The monoisotopic (exact) mass is 484 g/mol. The van der Waals surface area contributed by atoms with Crippen molar-refractivity contribution in [2.24, 2.45) is 5.92 Å². The molecule has 0 aromatic heterocycles. The lowest BCUT2D eigenvalue weighted by molar-refractivity contribution is -0.203. The summed E-state index contributed by atoms with van der Waals surface area (Å²) in [5, 5.41) is 1.51. The molecule has 0 fully saturated rings. The summed E-state index contributed by atoms with van der Waals surface area (Å²) < 4.78 is 57.4. The van der Waals surface area contributed by atoms with Crippen LogP contribution in [-0.2, 0) is 40.2 Å². The van der Waals surface area contributed by atoms with Gasteiger partial charge in [-0.3, -0.25) is 4.21 Å². The highest BCUT2D eigenvalue weighted by Gasteiger charge is 2.47. The molecule has 184 valence electrons. The van der Waals surface area contributed by atoms with Gasteiger partial charge in [0, 0.05) is 37.3 Å². The number of allylic oxidation sites excluding steroid dienone is 1. The van der Waals surface area contributed by atoms with Crippen molar-refractivity contribution in [3.63, 3.8) is 0 Å². The highest BCUT2D eigenvalue weighted by atomic mass is 32.2. The third kappa shape index (κ3) is 5.45. The average molecular weight is 485 g/mol. The minimum atomic E-state index is -1.51. The van der Waals surface area contributed by atoms with E-state index in [1.54, 1.807) is 24.3 Å². The van der Waals surface area contributed by atoms with Gasteiger partial charge in [-0.2, -0.15) is 0 Å². The van der Waals surface area contributed by atoms with E-state index < -0.39 is 22.5 Å². The van der Waals surface area contributed by atoms with Gasteiger partial charge in [0.25, 0.3) is 0 Å². The maximum absolute atomic E-state index is 13.2. The van der Waals surface area contributed by atoms with Crippen molar-refractivity contribution < 1.29 is 42.1 Å². The molecule has 9 nitrogen and oxygen atoms in total. The molecule has 10 heteroatoms.